The van der Waals surface area contributed by atoms with Crippen LogP contribution in [0.1, 0.15) is 54.4 Å². The molecule has 0 fully saturated rings. The highest BCUT2D eigenvalue weighted by Gasteiger charge is 2.46. The Morgan fingerprint density at radius 3 is 1.88 bits per heavy atom. The predicted octanol–water partition coefficient (Wildman–Crippen LogP) is 3.87. The Hall–Kier alpha value is -0.660. The smallest absolute Gasteiger partial charge is 0.141 e. The Labute approximate surface area is 99.0 Å². The van der Waals surface area contributed by atoms with E-state index in [0.29, 0.717) is 6.61 Å². The normalized spacial score (nSPS) is 30.1. The molecule has 2 rings (SSSR count). The van der Waals surface area contributed by atoms with Crippen molar-refractivity contribution >= 4 is 0 Å². The molecule has 2 nitrogen and oxygen atoms in total. The van der Waals surface area contributed by atoms with Crippen molar-refractivity contribution in [2.24, 2.45) is 10.8 Å². The molecule has 0 saturated heterocycles. The lowest BCUT2D eigenvalue weighted by molar-refractivity contribution is -0.111. The van der Waals surface area contributed by atoms with E-state index in [0.717, 1.165) is 17.9 Å². The fraction of sp³-hybridized carbons (Fsp3) is 0.857. The summed E-state index contributed by atoms with van der Waals surface area (Å²) in [5, 5.41) is 0. The predicted molar refractivity (Wildman–Crippen MR) is 64.9 cm³/mol. The van der Waals surface area contributed by atoms with Gasteiger partial charge in [0.25, 0.3) is 0 Å². The zero-order valence-electron chi connectivity index (χ0n) is 11.4. The lowest BCUT2D eigenvalue weighted by Crippen LogP contribution is -2.44. The summed E-state index contributed by atoms with van der Waals surface area (Å²) in [4.78, 5) is 0. The van der Waals surface area contributed by atoms with Gasteiger partial charge in [0.2, 0.25) is 0 Å². The van der Waals surface area contributed by atoms with E-state index in [-0.39, 0.29) is 16.4 Å². The van der Waals surface area contributed by atoms with E-state index in [9.17, 15) is 0 Å². The topological polar surface area (TPSA) is 18.5 Å². The molecule has 0 spiro atoms. The SMILES string of the molecule is CC1(C)COC2=C(O1)C(C)(C)CCC2(C)C. The number of hydrogen-bond acceptors (Lipinski definition) is 2. The minimum atomic E-state index is -0.191. The molecule has 0 aromatic rings. The second kappa shape index (κ2) is 3.18. The first-order valence-electron chi connectivity index (χ1n) is 6.21. The van der Waals surface area contributed by atoms with Crippen LogP contribution in [0.3, 0.4) is 0 Å². The average Bonchev–Trinajstić information content (AvgIpc) is 2.11. The van der Waals surface area contributed by atoms with Crippen LogP contribution in [0.2, 0.25) is 0 Å². The average molecular weight is 224 g/mol. The molecule has 1 aliphatic carbocycles. The minimum Gasteiger partial charge on any atom is -0.490 e. The van der Waals surface area contributed by atoms with E-state index < -0.39 is 0 Å². The van der Waals surface area contributed by atoms with E-state index in [4.69, 9.17) is 9.47 Å². The molecule has 2 heteroatoms. The van der Waals surface area contributed by atoms with Crippen molar-refractivity contribution < 1.29 is 9.47 Å². The Kier molecular flexibility index (Phi) is 2.35. The highest BCUT2D eigenvalue weighted by Crippen LogP contribution is 2.52. The van der Waals surface area contributed by atoms with Crippen LogP contribution >= 0.6 is 0 Å². The lowest BCUT2D eigenvalue weighted by Gasteiger charge is -2.48. The number of hydrogen-bond donors (Lipinski definition) is 0. The fourth-order valence-electron chi connectivity index (χ4n) is 2.46. The van der Waals surface area contributed by atoms with Gasteiger partial charge in [-0.05, 0) is 26.7 Å². The highest BCUT2D eigenvalue weighted by molar-refractivity contribution is 5.22. The molecule has 0 aromatic heterocycles. The zero-order valence-corrected chi connectivity index (χ0v) is 11.4. The van der Waals surface area contributed by atoms with Crippen LogP contribution in [-0.4, -0.2) is 12.2 Å². The van der Waals surface area contributed by atoms with Crippen LogP contribution in [0.15, 0.2) is 11.5 Å². The summed E-state index contributed by atoms with van der Waals surface area (Å²) < 4.78 is 12.2. The quantitative estimate of drug-likeness (QED) is 0.622. The number of ether oxygens (including phenoxy) is 2. The van der Waals surface area contributed by atoms with Crippen LogP contribution in [0.4, 0.5) is 0 Å². The summed E-state index contributed by atoms with van der Waals surface area (Å²) in [6.07, 6.45) is 2.33. The van der Waals surface area contributed by atoms with Crippen LogP contribution in [-0.2, 0) is 9.47 Å². The highest BCUT2D eigenvalue weighted by atomic mass is 16.6. The van der Waals surface area contributed by atoms with Gasteiger partial charge in [0.05, 0.1) is 0 Å². The molecule has 1 aliphatic heterocycles. The Bertz CT molecular complexity index is 335. The molecule has 0 saturated carbocycles. The van der Waals surface area contributed by atoms with Crippen molar-refractivity contribution in [2.45, 2.75) is 60.0 Å². The summed E-state index contributed by atoms with van der Waals surface area (Å²) in [5.74, 6) is 2.17. The van der Waals surface area contributed by atoms with E-state index in [1.807, 2.05) is 0 Å². The van der Waals surface area contributed by atoms with E-state index in [1.54, 1.807) is 0 Å². The van der Waals surface area contributed by atoms with Gasteiger partial charge < -0.3 is 9.47 Å². The van der Waals surface area contributed by atoms with Crippen LogP contribution in [0.5, 0.6) is 0 Å². The molecule has 0 amide bonds. The van der Waals surface area contributed by atoms with Crippen molar-refractivity contribution in [3.63, 3.8) is 0 Å². The molecule has 2 aliphatic rings. The molecule has 92 valence electrons. The van der Waals surface area contributed by atoms with Crippen LogP contribution in [0.25, 0.3) is 0 Å². The summed E-state index contributed by atoms with van der Waals surface area (Å²) >= 11 is 0. The van der Waals surface area contributed by atoms with E-state index >= 15 is 0 Å². The van der Waals surface area contributed by atoms with Crippen molar-refractivity contribution in [2.75, 3.05) is 6.61 Å². The van der Waals surface area contributed by atoms with Gasteiger partial charge in [-0.2, -0.15) is 0 Å². The third-order valence-corrected chi connectivity index (χ3v) is 3.75. The van der Waals surface area contributed by atoms with Gasteiger partial charge in [-0.1, -0.05) is 27.7 Å². The molecule has 0 radical (unpaired) electrons. The minimum absolute atomic E-state index is 0.114. The molecule has 0 atom stereocenters. The first-order valence-corrected chi connectivity index (χ1v) is 6.21. The summed E-state index contributed by atoms with van der Waals surface area (Å²) in [6.45, 7) is 13.8. The van der Waals surface area contributed by atoms with Crippen LogP contribution in [0, 0.1) is 10.8 Å². The molecular weight excluding hydrogens is 200 g/mol. The summed E-state index contributed by atoms with van der Waals surface area (Å²) in [6, 6.07) is 0. The standard InChI is InChI=1S/C14H24O2/c1-12(2)7-8-13(3,4)11-10(12)15-9-14(5,6)16-11/h7-9H2,1-6H3. The Morgan fingerprint density at radius 1 is 0.812 bits per heavy atom. The summed E-state index contributed by atoms with van der Waals surface area (Å²) in [5.41, 5.74) is 0.0490. The lowest BCUT2D eigenvalue weighted by atomic mass is 9.69. The molecule has 0 unspecified atom stereocenters. The largest absolute Gasteiger partial charge is 0.490 e. The van der Waals surface area contributed by atoms with Gasteiger partial charge in [0, 0.05) is 10.8 Å². The van der Waals surface area contributed by atoms with Gasteiger partial charge in [0.1, 0.15) is 23.7 Å². The maximum atomic E-state index is 6.18. The first-order chi connectivity index (χ1) is 7.14. The monoisotopic (exact) mass is 224 g/mol. The molecule has 0 aromatic carbocycles. The first kappa shape index (κ1) is 11.8. The van der Waals surface area contributed by atoms with Crippen molar-refractivity contribution in [1.29, 1.82) is 0 Å². The van der Waals surface area contributed by atoms with Gasteiger partial charge in [-0.25, -0.2) is 0 Å². The molecule has 1 heterocycles. The zero-order chi connectivity index (χ0) is 12.2. The summed E-state index contributed by atoms with van der Waals surface area (Å²) in [7, 11) is 0. The molecule has 0 N–H and O–H groups in total. The van der Waals surface area contributed by atoms with Gasteiger partial charge >= 0.3 is 0 Å². The van der Waals surface area contributed by atoms with Crippen molar-refractivity contribution in [1.82, 2.24) is 0 Å². The third kappa shape index (κ3) is 1.83. The van der Waals surface area contributed by atoms with Gasteiger partial charge in [-0.15, -0.1) is 0 Å². The number of allylic oxidation sites excluding steroid dienone is 2. The molecular formula is C14H24O2. The molecule has 16 heavy (non-hydrogen) atoms. The number of rotatable bonds is 0. The third-order valence-electron chi connectivity index (χ3n) is 3.75. The van der Waals surface area contributed by atoms with Crippen molar-refractivity contribution in [3.05, 3.63) is 11.5 Å². The maximum absolute atomic E-state index is 6.18. The Morgan fingerprint density at radius 2 is 1.31 bits per heavy atom. The van der Waals surface area contributed by atoms with Crippen molar-refractivity contribution in [3.8, 4) is 0 Å². The van der Waals surface area contributed by atoms with E-state index in [1.165, 1.54) is 6.42 Å². The second-order valence-corrected chi connectivity index (χ2v) is 7.08. The van der Waals surface area contributed by atoms with Gasteiger partial charge in [0.15, 0.2) is 0 Å². The Balaban J connectivity index is 2.46. The van der Waals surface area contributed by atoms with Crippen LogP contribution < -0.4 is 0 Å². The second-order valence-electron chi connectivity index (χ2n) is 7.08. The fourth-order valence-corrected chi connectivity index (χ4v) is 2.46. The van der Waals surface area contributed by atoms with E-state index in [2.05, 4.69) is 41.5 Å². The van der Waals surface area contributed by atoms with Gasteiger partial charge in [-0.3, -0.25) is 0 Å². The molecule has 0 bridgehead atoms. The maximum Gasteiger partial charge on any atom is 0.141 e.